The lowest BCUT2D eigenvalue weighted by Crippen LogP contribution is -2.50. The van der Waals surface area contributed by atoms with Gasteiger partial charge in [0, 0.05) is 11.8 Å². The van der Waals surface area contributed by atoms with E-state index in [1.807, 2.05) is 6.92 Å². The average molecular weight is 383 g/mol. The Balaban J connectivity index is 1.73. The zero-order valence-corrected chi connectivity index (χ0v) is 16.9. The van der Waals surface area contributed by atoms with Crippen molar-refractivity contribution in [2.45, 2.75) is 71.6 Å². The van der Waals surface area contributed by atoms with Gasteiger partial charge in [0.15, 0.2) is 0 Å². The van der Waals surface area contributed by atoms with Gasteiger partial charge in [0.2, 0.25) is 0 Å². The van der Waals surface area contributed by atoms with Gasteiger partial charge in [0.1, 0.15) is 0 Å². The molecule has 2 N–H and O–H groups in total. The summed E-state index contributed by atoms with van der Waals surface area (Å²) in [6.45, 7) is 4.10. The highest BCUT2D eigenvalue weighted by atomic mass is 16.4. The molecule has 0 aromatic carbocycles. The second-order valence-corrected chi connectivity index (χ2v) is 9.52. The second kappa shape index (κ2) is 6.76. The summed E-state index contributed by atoms with van der Waals surface area (Å²) >= 11 is 0. The quantitative estimate of drug-likeness (QED) is 0.526. The van der Waals surface area contributed by atoms with E-state index in [1.165, 1.54) is 11.1 Å². The van der Waals surface area contributed by atoms with Gasteiger partial charge >= 0.3 is 5.97 Å². The van der Waals surface area contributed by atoms with Gasteiger partial charge in [-0.25, -0.2) is 0 Å². The molecule has 2 saturated carbocycles. The largest absolute Gasteiger partial charge is 0.481 e. The maximum atomic E-state index is 12.0. The normalized spacial score (nSPS) is 39.5. The number of carboxylic acid groups (broad SMARTS) is 1. The van der Waals surface area contributed by atoms with Gasteiger partial charge in [-0.15, -0.1) is 0 Å². The van der Waals surface area contributed by atoms with Gasteiger partial charge in [-0.2, -0.15) is 5.26 Å². The number of aliphatic carboxylic acids is 1. The minimum Gasteiger partial charge on any atom is -0.481 e. The standard InChI is InChI=1S/C23H30N2O3/c1-14(21(26)27)23(11-12-24)10-8-20-19-5-3-15-13-16(25-28)4-6-17(15)18(19)7-9-22(20,23)2/h13-14,19-20,28H,3-11H2,1-2H3,(H,26,27)/b25-16-/t14?,19-,20+,22+,23+/m1/s1. The lowest BCUT2D eigenvalue weighted by molar-refractivity contribution is -0.151. The SMILES string of the molecule is CC(C(=O)O)[C@@]1(CC#N)CC[C@H]2[C@@H]3CCC4=C/C(=N\O)CCC4=C3CC[C@@]21C. The number of rotatable bonds is 3. The van der Waals surface area contributed by atoms with Gasteiger partial charge in [0.05, 0.1) is 17.7 Å². The highest BCUT2D eigenvalue weighted by Crippen LogP contribution is 2.69. The molecule has 0 aliphatic heterocycles. The van der Waals surface area contributed by atoms with Crippen LogP contribution in [0.5, 0.6) is 0 Å². The molecule has 0 aromatic rings. The molecule has 4 aliphatic rings. The van der Waals surface area contributed by atoms with E-state index in [4.69, 9.17) is 5.21 Å². The fourth-order valence-electron chi connectivity index (χ4n) is 7.32. The van der Waals surface area contributed by atoms with E-state index in [0.29, 0.717) is 18.3 Å². The third kappa shape index (κ3) is 2.50. The van der Waals surface area contributed by atoms with E-state index in [2.05, 4.69) is 24.2 Å². The molecule has 0 amide bonds. The number of nitriles is 1. The minimum atomic E-state index is -0.766. The van der Waals surface area contributed by atoms with Crippen molar-refractivity contribution in [3.05, 3.63) is 22.8 Å². The molecule has 1 unspecified atom stereocenters. The third-order valence-electron chi connectivity index (χ3n) is 8.90. The second-order valence-electron chi connectivity index (χ2n) is 9.52. The molecule has 0 aromatic heterocycles. The predicted octanol–water partition coefficient (Wildman–Crippen LogP) is 5.07. The van der Waals surface area contributed by atoms with Crippen molar-refractivity contribution in [2.24, 2.45) is 33.7 Å². The van der Waals surface area contributed by atoms with Crippen LogP contribution in [0.2, 0.25) is 0 Å². The first-order valence-electron chi connectivity index (χ1n) is 10.6. The van der Waals surface area contributed by atoms with Crippen molar-refractivity contribution in [1.82, 2.24) is 0 Å². The molecule has 0 bridgehead atoms. The van der Waals surface area contributed by atoms with Crippen LogP contribution in [0.3, 0.4) is 0 Å². The molecule has 5 heteroatoms. The van der Waals surface area contributed by atoms with Crippen LogP contribution in [0.25, 0.3) is 0 Å². The smallest absolute Gasteiger partial charge is 0.306 e. The summed E-state index contributed by atoms with van der Waals surface area (Å²) in [5, 5.41) is 31.9. The van der Waals surface area contributed by atoms with Gasteiger partial charge in [-0.1, -0.05) is 24.6 Å². The van der Waals surface area contributed by atoms with Crippen LogP contribution in [-0.2, 0) is 4.79 Å². The molecular formula is C23H30N2O3. The first kappa shape index (κ1) is 19.2. The zero-order chi connectivity index (χ0) is 20.1. The molecule has 4 aliphatic carbocycles. The summed E-state index contributed by atoms with van der Waals surface area (Å²) in [5.74, 6) is -0.278. The van der Waals surface area contributed by atoms with Crippen LogP contribution in [0.15, 0.2) is 28.0 Å². The fraction of sp³-hybridized carbons (Fsp3) is 0.696. The summed E-state index contributed by atoms with van der Waals surface area (Å²) in [7, 11) is 0. The van der Waals surface area contributed by atoms with E-state index in [0.717, 1.165) is 57.1 Å². The molecule has 2 fully saturated rings. The van der Waals surface area contributed by atoms with Crippen LogP contribution in [0.4, 0.5) is 0 Å². The lowest BCUT2D eigenvalue weighted by Gasteiger charge is -2.54. The average Bonchev–Trinajstić information content (AvgIpc) is 3.00. The van der Waals surface area contributed by atoms with Crippen molar-refractivity contribution in [3.8, 4) is 6.07 Å². The van der Waals surface area contributed by atoms with E-state index in [1.54, 1.807) is 5.57 Å². The summed E-state index contributed by atoms with van der Waals surface area (Å²) < 4.78 is 0. The number of carboxylic acids is 1. The number of fused-ring (bicyclic) bond motifs is 4. The third-order valence-corrected chi connectivity index (χ3v) is 8.90. The van der Waals surface area contributed by atoms with Crippen molar-refractivity contribution >= 4 is 11.7 Å². The van der Waals surface area contributed by atoms with Gasteiger partial charge in [-0.05, 0) is 85.8 Å². The molecule has 0 heterocycles. The highest BCUT2D eigenvalue weighted by molar-refractivity contribution is 5.97. The van der Waals surface area contributed by atoms with E-state index in [9.17, 15) is 15.2 Å². The molecule has 0 spiro atoms. The van der Waals surface area contributed by atoms with Crippen LogP contribution in [0.1, 0.15) is 71.6 Å². The number of allylic oxidation sites excluding steroid dienone is 4. The zero-order valence-electron chi connectivity index (χ0n) is 16.9. The Labute approximate surface area is 166 Å². The Hall–Kier alpha value is -2.09. The molecule has 0 radical (unpaired) electrons. The maximum Gasteiger partial charge on any atom is 0.306 e. The Kier molecular flexibility index (Phi) is 4.64. The Morgan fingerprint density at radius 2 is 2.11 bits per heavy atom. The summed E-state index contributed by atoms with van der Waals surface area (Å²) in [6.07, 6.45) is 10.1. The van der Waals surface area contributed by atoms with Crippen molar-refractivity contribution in [3.63, 3.8) is 0 Å². The minimum absolute atomic E-state index is 0.0944. The van der Waals surface area contributed by atoms with Gasteiger partial charge in [-0.3, -0.25) is 4.79 Å². The number of nitrogens with zero attached hydrogens (tertiary/aromatic N) is 2. The monoisotopic (exact) mass is 382 g/mol. The van der Waals surface area contributed by atoms with Crippen LogP contribution in [0, 0.1) is 39.9 Å². The van der Waals surface area contributed by atoms with E-state index in [-0.39, 0.29) is 5.41 Å². The van der Waals surface area contributed by atoms with Crippen molar-refractivity contribution < 1.29 is 15.1 Å². The fourth-order valence-corrected chi connectivity index (χ4v) is 7.32. The van der Waals surface area contributed by atoms with Crippen LogP contribution < -0.4 is 0 Å². The van der Waals surface area contributed by atoms with Gasteiger partial charge < -0.3 is 10.3 Å². The molecule has 150 valence electrons. The maximum absolute atomic E-state index is 12.0. The topological polar surface area (TPSA) is 93.7 Å². The molecule has 28 heavy (non-hydrogen) atoms. The summed E-state index contributed by atoms with van der Waals surface area (Å²) in [6, 6.07) is 2.35. The van der Waals surface area contributed by atoms with Gasteiger partial charge in [0.25, 0.3) is 0 Å². The van der Waals surface area contributed by atoms with Crippen molar-refractivity contribution in [1.29, 1.82) is 5.26 Å². The van der Waals surface area contributed by atoms with Crippen LogP contribution >= 0.6 is 0 Å². The molecular weight excluding hydrogens is 352 g/mol. The number of hydrogen-bond donors (Lipinski definition) is 2. The number of hydrogen-bond acceptors (Lipinski definition) is 4. The summed E-state index contributed by atoms with van der Waals surface area (Å²) in [5.41, 5.74) is 4.66. The van der Waals surface area contributed by atoms with Crippen LogP contribution in [-0.4, -0.2) is 22.0 Å². The van der Waals surface area contributed by atoms with E-state index >= 15 is 0 Å². The molecule has 5 nitrogen and oxygen atoms in total. The predicted molar refractivity (Wildman–Crippen MR) is 106 cm³/mol. The Bertz CT molecular complexity index is 833. The number of oxime groups is 1. The first-order chi connectivity index (χ1) is 13.4. The lowest BCUT2D eigenvalue weighted by atomic mass is 9.49. The number of carbonyl (C=O) groups is 1. The Morgan fingerprint density at radius 1 is 1.32 bits per heavy atom. The molecule has 0 saturated heterocycles. The summed E-state index contributed by atoms with van der Waals surface area (Å²) in [4.78, 5) is 12.0. The van der Waals surface area contributed by atoms with E-state index < -0.39 is 17.3 Å². The Morgan fingerprint density at radius 3 is 2.79 bits per heavy atom. The highest BCUT2D eigenvalue weighted by Gasteiger charge is 2.63. The molecule has 4 rings (SSSR count). The van der Waals surface area contributed by atoms with Crippen molar-refractivity contribution in [2.75, 3.05) is 0 Å². The first-order valence-corrected chi connectivity index (χ1v) is 10.6. The molecule has 5 atom stereocenters.